The van der Waals surface area contributed by atoms with Crippen LogP contribution in [0.2, 0.25) is 0 Å². The third-order valence-electron chi connectivity index (χ3n) is 2.72. The third-order valence-corrected chi connectivity index (χ3v) is 2.72. The highest BCUT2D eigenvalue weighted by Crippen LogP contribution is 2.10. The molecule has 0 fully saturated rings. The lowest BCUT2D eigenvalue weighted by Gasteiger charge is -2.06. The number of hydrogen-bond acceptors (Lipinski definition) is 2. The fraction of sp³-hybridized carbons (Fsp3) is 0.286. The molecule has 0 spiro atoms. The summed E-state index contributed by atoms with van der Waals surface area (Å²) in [5.74, 6) is 1.05. The lowest BCUT2D eigenvalue weighted by Crippen LogP contribution is -2.03. The van der Waals surface area contributed by atoms with Gasteiger partial charge in [-0.05, 0) is 18.1 Å². The van der Waals surface area contributed by atoms with Crippen LogP contribution in [0.1, 0.15) is 35.1 Å². The van der Waals surface area contributed by atoms with Crippen molar-refractivity contribution in [3.8, 4) is 0 Å². The summed E-state index contributed by atoms with van der Waals surface area (Å²) < 4.78 is 2.16. The molecule has 0 atom stereocenters. The van der Waals surface area contributed by atoms with Crippen molar-refractivity contribution in [1.82, 2.24) is 9.55 Å². The van der Waals surface area contributed by atoms with Crippen LogP contribution in [0.3, 0.4) is 0 Å². The van der Waals surface area contributed by atoms with Crippen molar-refractivity contribution < 1.29 is 4.79 Å². The van der Waals surface area contributed by atoms with Crippen molar-refractivity contribution in [3.05, 3.63) is 53.6 Å². The van der Waals surface area contributed by atoms with Gasteiger partial charge in [0, 0.05) is 30.9 Å². The Morgan fingerprint density at radius 1 is 1.41 bits per heavy atom. The molecular formula is C14H16N2O. The highest BCUT2D eigenvalue weighted by molar-refractivity contribution is 5.74. The predicted molar refractivity (Wildman–Crippen MR) is 67.2 cm³/mol. The van der Waals surface area contributed by atoms with Gasteiger partial charge in [-0.3, -0.25) is 4.79 Å². The Balaban J connectivity index is 2.18. The van der Waals surface area contributed by atoms with E-state index in [1.165, 1.54) is 0 Å². The van der Waals surface area contributed by atoms with Gasteiger partial charge >= 0.3 is 0 Å². The quantitative estimate of drug-likeness (QED) is 0.737. The van der Waals surface area contributed by atoms with Crippen LogP contribution in [-0.4, -0.2) is 15.8 Å². The maximum atomic E-state index is 10.7. The number of carbonyl (C=O) groups is 1. The van der Waals surface area contributed by atoms with Gasteiger partial charge in [-0.2, -0.15) is 0 Å². The Labute approximate surface area is 101 Å². The van der Waals surface area contributed by atoms with Crippen LogP contribution in [-0.2, 0) is 13.0 Å². The Morgan fingerprint density at radius 2 is 2.29 bits per heavy atom. The molecule has 17 heavy (non-hydrogen) atoms. The molecule has 0 radical (unpaired) electrons. The van der Waals surface area contributed by atoms with E-state index in [2.05, 4.69) is 16.5 Å². The van der Waals surface area contributed by atoms with Gasteiger partial charge in [0.05, 0.1) is 0 Å². The number of hydrogen-bond donors (Lipinski definition) is 0. The number of aryl methyl sites for hydroxylation is 1. The molecule has 3 nitrogen and oxygen atoms in total. The van der Waals surface area contributed by atoms with Gasteiger partial charge in [0.15, 0.2) is 0 Å². The molecule has 1 heterocycles. The summed E-state index contributed by atoms with van der Waals surface area (Å²) in [6, 6.07) is 7.66. The van der Waals surface area contributed by atoms with Crippen molar-refractivity contribution in [2.45, 2.75) is 26.3 Å². The monoisotopic (exact) mass is 228 g/mol. The van der Waals surface area contributed by atoms with Crippen molar-refractivity contribution in [2.24, 2.45) is 0 Å². The summed E-state index contributed by atoms with van der Waals surface area (Å²) in [6.45, 7) is 3.14. The van der Waals surface area contributed by atoms with Crippen LogP contribution in [0.4, 0.5) is 0 Å². The summed E-state index contributed by atoms with van der Waals surface area (Å²) >= 11 is 0. The number of aromatic nitrogens is 2. The second-order valence-corrected chi connectivity index (χ2v) is 4.08. The minimum atomic E-state index is 0.719. The molecule has 88 valence electrons. The number of aldehydes is 1. The van der Waals surface area contributed by atoms with E-state index in [0.29, 0.717) is 0 Å². The van der Waals surface area contributed by atoms with Crippen LogP contribution < -0.4 is 0 Å². The predicted octanol–water partition coefficient (Wildman–Crippen LogP) is 2.70. The zero-order chi connectivity index (χ0) is 12.1. The molecule has 0 aliphatic rings. The molecule has 0 aliphatic heterocycles. The Kier molecular flexibility index (Phi) is 3.70. The number of benzene rings is 1. The maximum absolute atomic E-state index is 10.7. The molecule has 0 saturated carbocycles. The number of rotatable bonds is 5. The molecule has 0 aliphatic carbocycles. The van der Waals surface area contributed by atoms with Crippen molar-refractivity contribution >= 4 is 6.29 Å². The van der Waals surface area contributed by atoms with E-state index in [1.54, 1.807) is 0 Å². The van der Waals surface area contributed by atoms with Gasteiger partial charge in [-0.25, -0.2) is 4.98 Å². The normalized spacial score (nSPS) is 10.4. The number of nitrogens with zero attached hydrogens (tertiary/aromatic N) is 2. The van der Waals surface area contributed by atoms with Crippen LogP contribution in [0.25, 0.3) is 0 Å². The SMILES string of the molecule is CCCn1ccnc1Cc1cccc(C=O)c1. The van der Waals surface area contributed by atoms with Crippen molar-refractivity contribution in [1.29, 1.82) is 0 Å². The van der Waals surface area contributed by atoms with E-state index in [9.17, 15) is 4.79 Å². The van der Waals surface area contributed by atoms with Crippen LogP contribution >= 0.6 is 0 Å². The lowest BCUT2D eigenvalue weighted by molar-refractivity contribution is 0.112. The van der Waals surface area contributed by atoms with E-state index >= 15 is 0 Å². The molecule has 2 rings (SSSR count). The number of imidazole rings is 1. The molecule has 0 unspecified atom stereocenters. The van der Waals surface area contributed by atoms with E-state index in [0.717, 1.165) is 42.6 Å². The second-order valence-electron chi connectivity index (χ2n) is 4.08. The minimum Gasteiger partial charge on any atom is -0.335 e. The molecule has 1 aromatic heterocycles. The lowest BCUT2D eigenvalue weighted by atomic mass is 10.1. The molecule has 3 heteroatoms. The van der Waals surface area contributed by atoms with Gasteiger partial charge in [0.25, 0.3) is 0 Å². The van der Waals surface area contributed by atoms with Gasteiger partial charge in [-0.1, -0.05) is 25.1 Å². The molecule has 1 aromatic carbocycles. The van der Waals surface area contributed by atoms with Crippen molar-refractivity contribution in [3.63, 3.8) is 0 Å². The fourth-order valence-corrected chi connectivity index (χ4v) is 1.91. The summed E-state index contributed by atoms with van der Waals surface area (Å²) in [4.78, 5) is 15.1. The second kappa shape index (κ2) is 5.43. The van der Waals surface area contributed by atoms with Gasteiger partial charge in [0.1, 0.15) is 12.1 Å². The van der Waals surface area contributed by atoms with E-state index in [4.69, 9.17) is 0 Å². The molecule has 0 amide bonds. The van der Waals surface area contributed by atoms with E-state index in [-0.39, 0.29) is 0 Å². The van der Waals surface area contributed by atoms with Crippen LogP contribution in [0, 0.1) is 0 Å². The topological polar surface area (TPSA) is 34.9 Å². The average Bonchev–Trinajstić information content (AvgIpc) is 2.78. The first-order chi connectivity index (χ1) is 8.33. The molecule has 0 saturated heterocycles. The Hall–Kier alpha value is -1.90. The van der Waals surface area contributed by atoms with Crippen molar-refractivity contribution in [2.75, 3.05) is 0 Å². The molecule has 0 bridgehead atoms. The van der Waals surface area contributed by atoms with Gasteiger partial charge in [-0.15, -0.1) is 0 Å². The molecule has 0 N–H and O–H groups in total. The number of carbonyl (C=O) groups excluding carboxylic acids is 1. The first-order valence-corrected chi connectivity index (χ1v) is 5.87. The zero-order valence-electron chi connectivity index (χ0n) is 9.97. The average molecular weight is 228 g/mol. The van der Waals surface area contributed by atoms with E-state index < -0.39 is 0 Å². The largest absolute Gasteiger partial charge is 0.335 e. The molecular weight excluding hydrogens is 212 g/mol. The molecule has 2 aromatic rings. The van der Waals surface area contributed by atoms with Gasteiger partial charge < -0.3 is 4.57 Å². The minimum absolute atomic E-state index is 0.719. The van der Waals surface area contributed by atoms with Crippen LogP contribution in [0.5, 0.6) is 0 Å². The summed E-state index contributed by atoms with van der Waals surface area (Å²) in [7, 11) is 0. The highest BCUT2D eigenvalue weighted by Gasteiger charge is 2.03. The standard InChI is InChI=1S/C14H16N2O/c1-2-7-16-8-6-15-14(16)10-12-4-3-5-13(9-12)11-17/h3-6,8-9,11H,2,7,10H2,1H3. The maximum Gasteiger partial charge on any atom is 0.150 e. The summed E-state index contributed by atoms with van der Waals surface area (Å²) in [5.41, 5.74) is 1.84. The first kappa shape index (κ1) is 11.6. The highest BCUT2D eigenvalue weighted by atomic mass is 16.1. The zero-order valence-corrected chi connectivity index (χ0v) is 9.97. The first-order valence-electron chi connectivity index (χ1n) is 5.87. The third kappa shape index (κ3) is 2.81. The summed E-state index contributed by atoms with van der Waals surface area (Å²) in [6.07, 6.45) is 6.57. The fourth-order valence-electron chi connectivity index (χ4n) is 1.91. The Bertz CT molecular complexity index is 502. The smallest absolute Gasteiger partial charge is 0.150 e. The van der Waals surface area contributed by atoms with Gasteiger partial charge in [0.2, 0.25) is 0 Å². The van der Waals surface area contributed by atoms with E-state index in [1.807, 2.05) is 36.7 Å². The summed E-state index contributed by atoms with van der Waals surface area (Å²) in [5, 5.41) is 0. The Morgan fingerprint density at radius 3 is 3.06 bits per heavy atom. The van der Waals surface area contributed by atoms with Crippen LogP contribution in [0.15, 0.2) is 36.7 Å².